The first-order chi connectivity index (χ1) is 13.1. The molecule has 0 saturated carbocycles. The first kappa shape index (κ1) is 17.2. The van der Waals surface area contributed by atoms with Crippen LogP contribution in [0.3, 0.4) is 0 Å². The van der Waals surface area contributed by atoms with Crippen LogP contribution < -0.4 is 5.32 Å². The Hall–Kier alpha value is -3.19. The Labute approximate surface area is 158 Å². The van der Waals surface area contributed by atoms with Crippen LogP contribution >= 0.6 is 11.6 Å². The van der Waals surface area contributed by atoms with E-state index in [2.05, 4.69) is 25.3 Å². The minimum absolute atomic E-state index is 0.00729. The number of anilines is 1. The van der Waals surface area contributed by atoms with Crippen molar-refractivity contribution in [2.45, 2.75) is 0 Å². The molecule has 8 heteroatoms. The average molecular weight is 384 g/mol. The summed E-state index contributed by atoms with van der Waals surface area (Å²) in [6.07, 6.45) is 4.54. The maximum Gasteiger partial charge on any atom is 0.182 e. The molecule has 0 fully saturated rings. The molecule has 2 aromatic heterocycles. The molecule has 0 aliphatic heterocycles. The molecule has 27 heavy (non-hydrogen) atoms. The molecule has 0 atom stereocenters. The molecule has 0 saturated heterocycles. The molecule has 0 aliphatic carbocycles. The average Bonchev–Trinajstić information content (AvgIpc) is 2.70. The van der Waals surface area contributed by atoms with E-state index in [0.29, 0.717) is 28.0 Å². The Kier molecular flexibility index (Phi) is 4.37. The van der Waals surface area contributed by atoms with Crippen molar-refractivity contribution in [1.29, 1.82) is 0 Å². The molecule has 0 unspecified atom stereocenters. The van der Waals surface area contributed by atoms with Crippen molar-refractivity contribution in [3.63, 3.8) is 0 Å². The van der Waals surface area contributed by atoms with Gasteiger partial charge >= 0.3 is 0 Å². The maximum atomic E-state index is 14.9. The van der Waals surface area contributed by atoms with Crippen LogP contribution in [0.5, 0.6) is 0 Å². The van der Waals surface area contributed by atoms with Crippen molar-refractivity contribution in [2.75, 3.05) is 12.4 Å². The van der Waals surface area contributed by atoms with Gasteiger partial charge in [0.25, 0.3) is 0 Å². The van der Waals surface area contributed by atoms with E-state index >= 15 is 0 Å². The van der Waals surface area contributed by atoms with Gasteiger partial charge in [-0.1, -0.05) is 17.7 Å². The summed E-state index contributed by atoms with van der Waals surface area (Å²) in [5.74, 6) is -0.445. The fourth-order valence-electron chi connectivity index (χ4n) is 2.75. The first-order valence-electron chi connectivity index (χ1n) is 7.97. The van der Waals surface area contributed by atoms with Gasteiger partial charge < -0.3 is 5.32 Å². The highest BCUT2D eigenvalue weighted by atomic mass is 35.5. The molecule has 0 bridgehead atoms. The number of nitrogens with one attached hydrogen (secondary N) is 1. The number of hydrogen-bond donors (Lipinski definition) is 1. The van der Waals surface area contributed by atoms with E-state index < -0.39 is 11.6 Å². The van der Waals surface area contributed by atoms with Gasteiger partial charge in [-0.05, 0) is 35.4 Å². The number of fused-ring (bicyclic) bond motifs is 1. The largest absolute Gasteiger partial charge is 0.373 e. The van der Waals surface area contributed by atoms with Gasteiger partial charge in [0.2, 0.25) is 0 Å². The highest BCUT2D eigenvalue weighted by Crippen LogP contribution is 2.32. The predicted octanol–water partition coefficient (Wildman–Crippen LogP) is 4.73. The molecule has 0 amide bonds. The topological polar surface area (TPSA) is 63.6 Å². The van der Waals surface area contributed by atoms with Crippen LogP contribution in [0.4, 0.5) is 14.6 Å². The standard InChI is InChI=1S/C19H12ClF2N5/c1-23-18-12-6-11(10-2-3-13(20)14(21)7-10)8-15(22)17(12)26-19(27-18)16-9-24-4-5-25-16/h2-9H,1H3,(H,23,26,27). The van der Waals surface area contributed by atoms with E-state index in [1.54, 1.807) is 19.2 Å². The van der Waals surface area contributed by atoms with Gasteiger partial charge in [-0.2, -0.15) is 0 Å². The van der Waals surface area contributed by atoms with Crippen LogP contribution in [0, 0.1) is 11.6 Å². The molecule has 2 aromatic carbocycles. The summed E-state index contributed by atoms with van der Waals surface area (Å²) >= 11 is 5.73. The minimum Gasteiger partial charge on any atom is -0.373 e. The zero-order chi connectivity index (χ0) is 19.0. The lowest BCUT2D eigenvalue weighted by atomic mass is 10.0. The number of hydrogen-bond acceptors (Lipinski definition) is 5. The number of halogens is 3. The lowest BCUT2D eigenvalue weighted by Crippen LogP contribution is -2.01. The van der Waals surface area contributed by atoms with E-state index in [4.69, 9.17) is 11.6 Å². The molecule has 1 N–H and O–H groups in total. The second-order valence-corrected chi connectivity index (χ2v) is 6.13. The van der Waals surface area contributed by atoms with Crippen molar-refractivity contribution in [2.24, 2.45) is 0 Å². The third kappa shape index (κ3) is 3.17. The van der Waals surface area contributed by atoms with Gasteiger partial charge in [-0.3, -0.25) is 4.98 Å². The Morgan fingerprint density at radius 2 is 1.78 bits per heavy atom. The van der Waals surface area contributed by atoms with Crippen LogP contribution in [-0.4, -0.2) is 27.0 Å². The van der Waals surface area contributed by atoms with Crippen LogP contribution in [0.15, 0.2) is 48.9 Å². The van der Waals surface area contributed by atoms with Crippen LogP contribution in [0.1, 0.15) is 0 Å². The number of rotatable bonds is 3. The van der Waals surface area contributed by atoms with E-state index in [-0.39, 0.29) is 16.4 Å². The Morgan fingerprint density at radius 3 is 2.48 bits per heavy atom. The summed E-state index contributed by atoms with van der Waals surface area (Å²) in [4.78, 5) is 16.8. The highest BCUT2D eigenvalue weighted by molar-refractivity contribution is 6.30. The Balaban J connectivity index is 1.93. The molecule has 4 aromatic rings. The molecule has 0 aliphatic rings. The number of nitrogens with zero attached hydrogens (tertiary/aromatic N) is 4. The van der Waals surface area contributed by atoms with Gasteiger partial charge in [0.1, 0.15) is 28.7 Å². The fraction of sp³-hybridized carbons (Fsp3) is 0.0526. The summed E-state index contributed by atoms with van der Waals surface area (Å²) in [6.45, 7) is 0. The zero-order valence-electron chi connectivity index (χ0n) is 14.0. The second-order valence-electron chi connectivity index (χ2n) is 5.72. The van der Waals surface area contributed by atoms with Crippen molar-refractivity contribution in [1.82, 2.24) is 19.9 Å². The van der Waals surface area contributed by atoms with E-state index in [1.165, 1.54) is 36.8 Å². The fourth-order valence-corrected chi connectivity index (χ4v) is 2.87. The first-order valence-corrected chi connectivity index (χ1v) is 8.35. The number of aromatic nitrogens is 4. The van der Waals surface area contributed by atoms with Crippen molar-refractivity contribution in [3.8, 4) is 22.6 Å². The van der Waals surface area contributed by atoms with Gasteiger partial charge in [0.15, 0.2) is 5.82 Å². The smallest absolute Gasteiger partial charge is 0.182 e. The van der Waals surface area contributed by atoms with E-state index in [0.717, 1.165) is 0 Å². The molecule has 0 radical (unpaired) electrons. The van der Waals surface area contributed by atoms with E-state index in [1.807, 2.05) is 0 Å². The number of benzene rings is 2. The Bertz CT molecular complexity index is 1150. The quantitative estimate of drug-likeness (QED) is 0.554. The SMILES string of the molecule is CNc1nc(-c2cnccn2)nc2c(F)cc(-c3ccc(Cl)c(F)c3)cc12. The molecule has 5 nitrogen and oxygen atoms in total. The van der Waals surface area contributed by atoms with Crippen molar-refractivity contribution < 1.29 is 8.78 Å². The predicted molar refractivity (Wildman–Crippen MR) is 100 cm³/mol. The van der Waals surface area contributed by atoms with Gasteiger partial charge in [-0.15, -0.1) is 0 Å². The maximum absolute atomic E-state index is 14.9. The highest BCUT2D eigenvalue weighted by Gasteiger charge is 2.15. The molecule has 4 rings (SSSR count). The zero-order valence-corrected chi connectivity index (χ0v) is 14.8. The summed E-state index contributed by atoms with van der Waals surface area (Å²) < 4.78 is 28.6. The summed E-state index contributed by atoms with van der Waals surface area (Å²) in [7, 11) is 1.68. The minimum atomic E-state index is -0.572. The van der Waals surface area contributed by atoms with Crippen molar-refractivity contribution >= 4 is 28.3 Å². The Morgan fingerprint density at radius 1 is 0.963 bits per heavy atom. The lowest BCUT2D eigenvalue weighted by molar-refractivity contribution is 0.628. The molecule has 2 heterocycles. The normalized spacial score (nSPS) is 11.0. The molecular formula is C19H12ClF2N5. The van der Waals surface area contributed by atoms with Gasteiger partial charge in [0, 0.05) is 24.8 Å². The summed E-state index contributed by atoms with van der Waals surface area (Å²) in [5, 5.41) is 3.42. The van der Waals surface area contributed by atoms with E-state index in [9.17, 15) is 8.78 Å². The lowest BCUT2D eigenvalue weighted by Gasteiger charge is -2.11. The van der Waals surface area contributed by atoms with Gasteiger partial charge in [0.05, 0.1) is 11.2 Å². The third-order valence-corrected chi connectivity index (χ3v) is 4.34. The second kappa shape index (κ2) is 6.85. The molecular weight excluding hydrogens is 372 g/mol. The van der Waals surface area contributed by atoms with Crippen LogP contribution in [0.2, 0.25) is 5.02 Å². The van der Waals surface area contributed by atoms with Gasteiger partial charge in [-0.25, -0.2) is 23.7 Å². The molecule has 134 valence electrons. The monoisotopic (exact) mass is 383 g/mol. The van der Waals surface area contributed by atoms with Crippen molar-refractivity contribution in [3.05, 3.63) is 65.6 Å². The third-order valence-electron chi connectivity index (χ3n) is 4.04. The summed E-state index contributed by atoms with van der Waals surface area (Å²) in [6, 6.07) is 7.32. The molecule has 0 spiro atoms. The summed E-state index contributed by atoms with van der Waals surface area (Å²) in [5.41, 5.74) is 1.55. The van der Waals surface area contributed by atoms with Crippen LogP contribution in [-0.2, 0) is 0 Å². The van der Waals surface area contributed by atoms with Crippen LogP contribution in [0.25, 0.3) is 33.5 Å².